The molecule has 6 heteroatoms. The van der Waals surface area contributed by atoms with E-state index in [4.69, 9.17) is 21.1 Å². The number of ether oxygens (including phenoxy) is 2. The van der Waals surface area contributed by atoms with Crippen LogP contribution in [0.25, 0.3) is 0 Å². The highest BCUT2D eigenvalue weighted by atomic mass is 35.5. The molecule has 1 atom stereocenters. The van der Waals surface area contributed by atoms with Crippen LogP contribution < -0.4 is 15.4 Å². The lowest BCUT2D eigenvalue weighted by atomic mass is 9.96. The zero-order valence-corrected chi connectivity index (χ0v) is 15.4. The number of methoxy groups -OCH3 is 1. The van der Waals surface area contributed by atoms with Crippen molar-refractivity contribution in [3.05, 3.63) is 59.1 Å². The number of para-hydroxylation sites is 2. The number of amides is 2. The number of halogens is 1. The number of nitrogens with one attached hydrogen (secondary N) is 2. The third kappa shape index (κ3) is 5.11. The van der Waals surface area contributed by atoms with Gasteiger partial charge in [-0.15, -0.1) is 0 Å². The number of urea groups is 1. The summed E-state index contributed by atoms with van der Waals surface area (Å²) in [7, 11) is 1.60. The Balaban J connectivity index is 2.03. The standard InChI is InChI=1S/C19H23ClN2O3/c1-4-25-17-11-6-5-10-16(17)22-18(23)21-13-19(2,24-3)14-8-7-9-15(20)12-14/h5-12H,4,13H2,1-3H3,(H2,21,22,23). The maximum Gasteiger partial charge on any atom is 0.319 e. The van der Waals surface area contributed by atoms with Gasteiger partial charge in [0.05, 0.1) is 18.8 Å². The van der Waals surface area contributed by atoms with E-state index in [1.165, 1.54) is 0 Å². The van der Waals surface area contributed by atoms with Crippen LogP contribution in [0, 0.1) is 0 Å². The predicted octanol–water partition coefficient (Wildman–Crippen LogP) is 4.42. The molecule has 0 saturated carbocycles. The van der Waals surface area contributed by atoms with E-state index in [-0.39, 0.29) is 12.6 Å². The van der Waals surface area contributed by atoms with Crippen LogP contribution in [-0.2, 0) is 10.3 Å². The van der Waals surface area contributed by atoms with Crippen molar-refractivity contribution in [2.75, 3.05) is 25.6 Å². The van der Waals surface area contributed by atoms with Gasteiger partial charge in [0.2, 0.25) is 0 Å². The summed E-state index contributed by atoms with van der Waals surface area (Å²) in [6.45, 7) is 4.60. The highest BCUT2D eigenvalue weighted by Gasteiger charge is 2.27. The van der Waals surface area contributed by atoms with Crippen LogP contribution in [0.2, 0.25) is 5.02 Å². The van der Waals surface area contributed by atoms with Crippen molar-refractivity contribution < 1.29 is 14.3 Å². The second-order valence-corrected chi connectivity index (χ2v) is 6.12. The number of hydrogen-bond acceptors (Lipinski definition) is 3. The summed E-state index contributed by atoms with van der Waals surface area (Å²) in [6, 6.07) is 14.4. The lowest BCUT2D eigenvalue weighted by Gasteiger charge is -2.29. The smallest absolute Gasteiger partial charge is 0.319 e. The fourth-order valence-corrected chi connectivity index (χ4v) is 2.57. The summed E-state index contributed by atoms with van der Waals surface area (Å²) in [5, 5.41) is 6.26. The predicted molar refractivity (Wildman–Crippen MR) is 100 cm³/mol. The molecule has 0 radical (unpaired) electrons. The molecular weight excluding hydrogens is 340 g/mol. The third-order valence-electron chi connectivity index (χ3n) is 3.91. The lowest BCUT2D eigenvalue weighted by Crippen LogP contribution is -2.41. The van der Waals surface area contributed by atoms with Gasteiger partial charge in [0.15, 0.2) is 0 Å². The molecule has 0 spiro atoms. The normalized spacial score (nSPS) is 13.0. The quantitative estimate of drug-likeness (QED) is 0.766. The SMILES string of the molecule is CCOc1ccccc1NC(=O)NCC(C)(OC)c1cccc(Cl)c1. The number of carbonyl (C=O) groups is 1. The van der Waals surface area contributed by atoms with E-state index in [2.05, 4.69) is 10.6 Å². The molecule has 0 aliphatic rings. The van der Waals surface area contributed by atoms with Crippen LogP contribution in [0.5, 0.6) is 5.75 Å². The van der Waals surface area contributed by atoms with Crippen LogP contribution >= 0.6 is 11.6 Å². The van der Waals surface area contributed by atoms with Gasteiger partial charge in [-0.25, -0.2) is 4.79 Å². The van der Waals surface area contributed by atoms with Crippen LogP contribution in [-0.4, -0.2) is 26.3 Å². The van der Waals surface area contributed by atoms with Crippen LogP contribution in [0.1, 0.15) is 19.4 Å². The topological polar surface area (TPSA) is 59.6 Å². The lowest BCUT2D eigenvalue weighted by molar-refractivity contribution is 0.00521. The zero-order valence-electron chi connectivity index (χ0n) is 14.6. The summed E-state index contributed by atoms with van der Waals surface area (Å²) in [5.41, 5.74) is 0.808. The van der Waals surface area contributed by atoms with Gasteiger partial charge >= 0.3 is 6.03 Å². The Labute approximate surface area is 153 Å². The summed E-state index contributed by atoms with van der Waals surface area (Å²) < 4.78 is 11.1. The van der Waals surface area contributed by atoms with E-state index in [0.29, 0.717) is 23.1 Å². The van der Waals surface area contributed by atoms with Gasteiger partial charge in [-0.3, -0.25) is 0 Å². The van der Waals surface area contributed by atoms with Crippen molar-refractivity contribution in [2.45, 2.75) is 19.4 Å². The Morgan fingerprint density at radius 2 is 1.96 bits per heavy atom. The van der Waals surface area contributed by atoms with Crippen LogP contribution in [0.15, 0.2) is 48.5 Å². The molecule has 2 aromatic carbocycles. The fourth-order valence-electron chi connectivity index (χ4n) is 2.38. The highest BCUT2D eigenvalue weighted by molar-refractivity contribution is 6.30. The van der Waals surface area contributed by atoms with Crippen molar-refractivity contribution in [2.24, 2.45) is 0 Å². The molecule has 134 valence electrons. The number of rotatable bonds is 7. The Bertz CT molecular complexity index is 723. The molecule has 1 unspecified atom stereocenters. The minimum atomic E-state index is -0.693. The first-order valence-electron chi connectivity index (χ1n) is 8.06. The van der Waals surface area contributed by atoms with E-state index in [1.807, 2.05) is 50.2 Å². The molecule has 5 nitrogen and oxygen atoms in total. The average Bonchev–Trinajstić information content (AvgIpc) is 2.61. The van der Waals surface area contributed by atoms with Crippen molar-refractivity contribution in [3.63, 3.8) is 0 Å². The first-order valence-corrected chi connectivity index (χ1v) is 8.44. The number of carbonyl (C=O) groups excluding carboxylic acids is 1. The minimum Gasteiger partial charge on any atom is -0.492 e. The van der Waals surface area contributed by atoms with Gasteiger partial charge < -0.3 is 20.1 Å². The molecule has 2 rings (SSSR count). The Kier molecular flexibility index (Phi) is 6.67. The highest BCUT2D eigenvalue weighted by Crippen LogP contribution is 2.27. The van der Waals surface area contributed by atoms with E-state index in [9.17, 15) is 4.79 Å². The molecule has 0 aliphatic carbocycles. The molecule has 0 bridgehead atoms. The molecule has 0 aliphatic heterocycles. The van der Waals surface area contributed by atoms with Gasteiger partial charge in [-0.1, -0.05) is 35.9 Å². The molecule has 25 heavy (non-hydrogen) atoms. The summed E-state index contributed by atoms with van der Waals surface area (Å²) >= 11 is 6.06. The minimum absolute atomic E-state index is 0.284. The zero-order chi connectivity index (χ0) is 18.3. The Morgan fingerprint density at radius 1 is 1.20 bits per heavy atom. The number of hydrogen-bond donors (Lipinski definition) is 2. The monoisotopic (exact) mass is 362 g/mol. The van der Waals surface area contributed by atoms with E-state index < -0.39 is 5.60 Å². The van der Waals surface area contributed by atoms with Crippen molar-refractivity contribution in [3.8, 4) is 5.75 Å². The summed E-state index contributed by atoms with van der Waals surface area (Å²) in [4.78, 5) is 12.3. The van der Waals surface area contributed by atoms with E-state index >= 15 is 0 Å². The molecule has 2 N–H and O–H groups in total. The maximum atomic E-state index is 12.3. The molecule has 0 heterocycles. The van der Waals surface area contributed by atoms with E-state index in [1.54, 1.807) is 19.2 Å². The van der Waals surface area contributed by atoms with Gasteiger partial charge in [-0.2, -0.15) is 0 Å². The van der Waals surface area contributed by atoms with Crippen molar-refractivity contribution >= 4 is 23.3 Å². The molecule has 0 saturated heterocycles. The fraction of sp³-hybridized carbons (Fsp3) is 0.316. The number of anilines is 1. The third-order valence-corrected chi connectivity index (χ3v) is 4.14. The molecule has 0 fully saturated rings. The molecule has 2 aromatic rings. The Hall–Kier alpha value is -2.24. The van der Waals surface area contributed by atoms with Crippen LogP contribution in [0.3, 0.4) is 0 Å². The van der Waals surface area contributed by atoms with Gasteiger partial charge in [0.25, 0.3) is 0 Å². The summed E-state index contributed by atoms with van der Waals surface area (Å²) in [5.74, 6) is 0.629. The van der Waals surface area contributed by atoms with Crippen molar-refractivity contribution in [1.29, 1.82) is 0 Å². The maximum absolute atomic E-state index is 12.3. The molecule has 2 amide bonds. The second-order valence-electron chi connectivity index (χ2n) is 5.68. The first kappa shape index (κ1) is 19.1. The van der Waals surface area contributed by atoms with E-state index in [0.717, 1.165) is 5.56 Å². The Morgan fingerprint density at radius 3 is 2.64 bits per heavy atom. The van der Waals surface area contributed by atoms with Gasteiger partial charge in [0.1, 0.15) is 11.4 Å². The second kappa shape index (κ2) is 8.74. The summed E-state index contributed by atoms with van der Waals surface area (Å²) in [6.07, 6.45) is 0. The molecule has 0 aromatic heterocycles. The van der Waals surface area contributed by atoms with Gasteiger partial charge in [0, 0.05) is 12.1 Å². The van der Waals surface area contributed by atoms with Crippen molar-refractivity contribution in [1.82, 2.24) is 5.32 Å². The number of benzene rings is 2. The average molecular weight is 363 g/mol. The first-order chi connectivity index (χ1) is 12.0. The molecular formula is C19H23ClN2O3. The largest absolute Gasteiger partial charge is 0.492 e. The van der Waals surface area contributed by atoms with Crippen LogP contribution in [0.4, 0.5) is 10.5 Å². The van der Waals surface area contributed by atoms with Gasteiger partial charge in [-0.05, 0) is 43.7 Å².